The molecular formula is C16H23ClN2O2. The number of nitrogens with one attached hydrogen (secondary N) is 2. The fourth-order valence-electron chi connectivity index (χ4n) is 2.41. The van der Waals surface area contributed by atoms with E-state index in [1.54, 1.807) is 6.07 Å². The number of halogens is 1. The summed E-state index contributed by atoms with van der Waals surface area (Å²) in [6.07, 6.45) is 3.32. The minimum absolute atomic E-state index is 0.0537. The predicted octanol–water partition coefficient (Wildman–Crippen LogP) is 4.30. The van der Waals surface area contributed by atoms with Crippen molar-refractivity contribution >= 4 is 28.9 Å². The summed E-state index contributed by atoms with van der Waals surface area (Å²) in [7, 11) is 0. The first-order chi connectivity index (χ1) is 10.0. The molecule has 0 bridgehead atoms. The molecule has 2 rings (SSSR count). The topological polar surface area (TPSA) is 50.4 Å². The van der Waals surface area contributed by atoms with Crippen molar-refractivity contribution in [1.29, 1.82) is 0 Å². The molecule has 1 aromatic rings. The van der Waals surface area contributed by atoms with Crippen molar-refractivity contribution in [2.24, 2.45) is 5.92 Å². The van der Waals surface area contributed by atoms with Gasteiger partial charge in [-0.1, -0.05) is 38.8 Å². The second kappa shape index (κ2) is 7.03. The van der Waals surface area contributed by atoms with E-state index in [4.69, 9.17) is 16.3 Å². The zero-order valence-electron chi connectivity index (χ0n) is 12.8. The highest BCUT2D eigenvalue weighted by molar-refractivity contribution is 6.33. The highest BCUT2D eigenvalue weighted by Crippen LogP contribution is 2.37. The molecule has 0 fully saturated rings. The number of fused-ring (bicyclic) bond motifs is 1. The maximum absolute atomic E-state index is 11.3. The van der Waals surface area contributed by atoms with Crippen LogP contribution in [0.25, 0.3) is 0 Å². The SMILES string of the molecule is CCC(C)CC(CC)Nc1cc2c(cc1Cl)NC(=O)CO2. The molecule has 2 N–H and O–H groups in total. The van der Waals surface area contributed by atoms with E-state index in [-0.39, 0.29) is 12.5 Å². The number of amides is 1. The van der Waals surface area contributed by atoms with Crippen LogP contribution in [0.15, 0.2) is 12.1 Å². The normalized spacial score (nSPS) is 16.5. The van der Waals surface area contributed by atoms with E-state index < -0.39 is 0 Å². The van der Waals surface area contributed by atoms with Gasteiger partial charge in [-0.05, 0) is 24.8 Å². The van der Waals surface area contributed by atoms with Crippen molar-refractivity contribution in [3.8, 4) is 5.75 Å². The Morgan fingerprint density at radius 2 is 2.14 bits per heavy atom. The summed E-state index contributed by atoms with van der Waals surface area (Å²) in [5.41, 5.74) is 1.50. The summed E-state index contributed by atoms with van der Waals surface area (Å²) in [5, 5.41) is 6.86. The molecule has 4 nitrogen and oxygen atoms in total. The van der Waals surface area contributed by atoms with Crippen LogP contribution < -0.4 is 15.4 Å². The Bertz CT molecular complexity index is 519. The van der Waals surface area contributed by atoms with Gasteiger partial charge >= 0.3 is 0 Å². The monoisotopic (exact) mass is 310 g/mol. The van der Waals surface area contributed by atoms with Crippen LogP contribution in [0.4, 0.5) is 11.4 Å². The van der Waals surface area contributed by atoms with Crippen molar-refractivity contribution in [2.75, 3.05) is 17.2 Å². The first kappa shape index (κ1) is 16.0. The van der Waals surface area contributed by atoms with Crippen LogP contribution in [0.1, 0.15) is 40.0 Å². The van der Waals surface area contributed by atoms with Crippen LogP contribution in [0.3, 0.4) is 0 Å². The number of ether oxygens (including phenoxy) is 1. The van der Waals surface area contributed by atoms with Crippen molar-refractivity contribution in [1.82, 2.24) is 0 Å². The zero-order chi connectivity index (χ0) is 15.4. The number of carbonyl (C=O) groups is 1. The van der Waals surface area contributed by atoms with Crippen molar-refractivity contribution in [3.63, 3.8) is 0 Å². The molecule has 0 saturated carbocycles. The van der Waals surface area contributed by atoms with E-state index in [9.17, 15) is 4.79 Å². The Labute approximate surface area is 131 Å². The van der Waals surface area contributed by atoms with Gasteiger partial charge in [0, 0.05) is 12.1 Å². The molecule has 0 spiro atoms. The van der Waals surface area contributed by atoms with Gasteiger partial charge in [-0.15, -0.1) is 0 Å². The molecule has 2 unspecified atom stereocenters. The Morgan fingerprint density at radius 3 is 2.81 bits per heavy atom. The third-order valence-corrected chi connectivity index (χ3v) is 4.25. The molecule has 21 heavy (non-hydrogen) atoms. The molecule has 5 heteroatoms. The van der Waals surface area contributed by atoms with Gasteiger partial charge < -0.3 is 15.4 Å². The molecule has 0 aromatic heterocycles. The molecule has 0 radical (unpaired) electrons. The van der Waals surface area contributed by atoms with Crippen LogP contribution in [-0.4, -0.2) is 18.6 Å². The Hall–Kier alpha value is -1.42. The third kappa shape index (κ3) is 4.03. The van der Waals surface area contributed by atoms with Crippen molar-refractivity contribution in [3.05, 3.63) is 17.2 Å². The fraction of sp³-hybridized carbons (Fsp3) is 0.562. The molecule has 1 aliphatic heterocycles. The molecule has 1 aromatic carbocycles. The molecule has 1 amide bonds. The van der Waals surface area contributed by atoms with Gasteiger partial charge in [-0.25, -0.2) is 0 Å². The van der Waals surface area contributed by atoms with Crippen LogP contribution >= 0.6 is 11.6 Å². The van der Waals surface area contributed by atoms with Gasteiger partial charge in [0.05, 0.1) is 16.4 Å². The van der Waals surface area contributed by atoms with Gasteiger partial charge in [0.2, 0.25) is 0 Å². The van der Waals surface area contributed by atoms with E-state index in [1.807, 2.05) is 6.07 Å². The van der Waals surface area contributed by atoms with Gasteiger partial charge in [0.1, 0.15) is 5.75 Å². The summed E-state index contributed by atoms with van der Waals surface area (Å²) >= 11 is 6.31. The molecular weight excluding hydrogens is 288 g/mol. The van der Waals surface area contributed by atoms with E-state index in [1.165, 1.54) is 6.42 Å². The number of hydrogen-bond donors (Lipinski definition) is 2. The first-order valence-electron chi connectivity index (χ1n) is 7.56. The van der Waals surface area contributed by atoms with E-state index in [2.05, 4.69) is 31.4 Å². The smallest absolute Gasteiger partial charge is 0.262 e. The Morgan fingerprint density at radius 1 is 1.38 bits per heavy atom. The second-order valence-electron chi connectivity index (χ2n) is 5.66. The summed E-state index contributed by atoms with van der Waals surface area (Å²) in [6, 6.07) is 4.00. The predicted molar refractivity (Wildman–Crippen MR) is 87.4 cm³/mol. The minimum Gasteiger partial charge on any atom is -0.482 e. The van der Waals surface area contributed by atoms with Gasteiger partial charge in [-0.2, -0.15) is 0 Å². The summed E-state index contributed by atoms with van der Waals surface area (Å²) in [4.78, 5) is 11.3. The first-order valence-corrected chi connectivity index (χ1v) is 7.94. The average molecular weight is 311 g/mol. The summed E-state index contributed by atoms with van der Waals surface area (Å²) in [5.74, 6) is 1.19. The number of rotatable bonds is 6. The van der Waals surface area contributed by atoms with E-state index in [0.29, 0.717) is 28.4 Å². The fourth-order valence-corrected chi connectivity index (χ4v) is 2.63. The maximum atomic E-state index is 11.3. The standard InChI is InChI=1S/C16H23ClN2O2/c1-4-10(3)6-11(5-2)18-13-8-15-14(7-12(13)17)19-16(20)9-21-15/h7-8,10-11,18H,4-6,9H2,1-3H3,(H,19,20). The summed E-state index contributed by atoms with van der Waals surface area (Å²) in [6.45, 7) is 6.69. The molecule has 1 aliphatic rings. The third-order valence-electron chi connectivity index (χ3n) is 3.94. The van der Waals surface area contributed by atoms with Gasteiger partial charge in [0.15, 0.2) is 6.61 Å². The minimum atomic E-state index is -0.150. The Kier molecular flexibility index (Phi) is 5.34. The van der Waals surface area contributed by atoms with Crippen molar-refractivity contribution in [2.45, 2.75) is 46.1 Å². The lowest BCUT2D eigenvalue weighted by atomic mass is 9.97. The number of carbonyl (C=O) groups excluding carboxylic acids is 1. The molecule has 116 valence electrons. The average Bonchev–Trinajstić information content (AvgIpc) is 2.47. The van der Waals surface area contributed by atoms with Crippen LogP contribution in [0, 0.1) is 5.92 Å². The number of anilines is 2. The van der Waals surface area contributed by atoms with Crippen molar-refractivity contribution < 1.29 is 9.53 Å². The lowest BCUT2D eigenvalue weighted by Crippen LogP contribution is -2.26. The van der Waals surface area contributed by atoms with Crippen LogP contribution in [0.5, 0.6) is 5.75 Å². The van der Waals surface area contributed by atoms with Gasteiger partial charge in [0.25, 0.3) is 5.91 Å². The molecule has 2 atom stereocenters. The van der Waals surface area contributed by atoms with Gasteiger partial charge in [-0.3, -0.25) is 4.79 Å². The highest BCUT2D eigenvalue weighted by Gasteiger charge is 2.19. The number of hydrogen-bond acceptors (Lipinski definition) is 3. The van der Waals surface area contributed by atoms with E-state index >= 15 is 0 Å². The summed E-state index contributed by atoms with van der Waals surface area (Å²) < 4.78 is 5.44. The lowest BCUT2D eigenvalue weighted by molar-refractivity contribution is -0.118. The quantitative estimate of drug-likeness (QED) is 0.823. The molecule has 0 aliphatic carbocycles. The van der Waals surface area contributed by atoms with Crippen LogP contribution in [-0.2, 0) is 4.79 Å². The maximum Gasteiger partial charge on any atom is 0.262 e. The molecule has 0 saturated heterocycles. The lowest BCUT2D eigenvalue weighted by Gasteiger charge is -2.24. The van der Waals surface area contributed by atoms with Crippen LogP contribution in [0.2, 0.25) is 5.02 Å². The largest absolute Gasteiger partial charge is 0.482 e. The Balaban J connectivity index is 2.14. The highest BCUT2D eigenvalue weighted by atomic mass is 35.5. The second-order valence-corrected chi connectivity index (χ2v) is 6.07. The molecule has 1 heterocycles. The number of benzene rings is 1. The van der Waals surface area contributed by atoms with E-state index in [0.717, 1.165) is 18.5 Å². The zero-order valence-corrected chi connectivity index (χ0v) is 13.6.